The molecule has 0 N–H and O–H groups in total. The van der Waals surface area contributed by atoms with Crippen LogP contribution in [0.4, 0.5) is 0 Å². The molecule has 0 unspecified atom stereocenters. The number of carbonyl (C=O) groups is 1. The zero-order chi connectivity index (χ0) is 13.7. The van der Waals surface area contributed by atoms with Gasteiger partial charge in [0.15, 0.2) is 5.78 Å². The molecule has 0 radical (unpaired) electrons. The van der Waals surface area contributed by atoms with Gasteiger partial charge in [-0.25, -0.2) is 0 Å². The molecular formula is C17H24OS. The number of ketones is 1. The fourth-order valence-corrected chi connectivity index (χ4v) is 3.88. The van der Waals surface area contributed by atoms with Crippen molar-refractivity contribution < 1.29 is 4.79 Å². The number of Topliss-reactive ketones (excluding diaryl/α,β-unsaturated/α-hetero) is 1. The molecule has 1 aromatic carbocycles. The molecule has 1 aromatic rings. The average Bonchev–Trinajstić information content (AvgIpc) is 2.39. The first-order chi connectivity index (χ1) is 9.15. The lowest BCUT2D eigenvalue weighted by molar-refractivity contribution is 0.0958. The molecule has 1 saturated heterocycles. The summed E-state index contributed by atoms with van der Waals surface area (Å²) >= 11 is 2.02. The molecule has 1 aliphatic heterocycles. The Kier molecular flexibility index (Phi) is 5.50. The highest BCUT2D eigenvalue weighted by molar-refractivity contribution is 7.99. The second-order valence-corrected chi connectivity index (χ2v) is 7.21. The van der Waals surface area contributed by atoms with Crippen LogP contribution in [0.3, 0.4) is 0 Å². The molecule has 1 nitrogen and oxygen atoms in total. The summed E-state index contributed by atoms with van der Waals surface area (Å²) < 4.78 is 0. The lowest BCUT2D eigenvalue weighted by Crippen LogP contribution is -2.14. The van der Waals surface area contributed by atoms with Gasteiger partial charge in [-0.1, -0.05) is 32.0 Å². The van der Waals surface area contributed by atoms with Crippen molar-refractivity contribution in [2.75, 3.05) is 11.5 Å². The van der Waals surface area contributed by atoms with Crippen LogP contribution in [-0.4, -0.2) is 17.3 Å². The van der Waals surface area contributed by atoms with E-state index in [1.165, 1.54) is 29.9 Å². The van der Waals surface area contributed by atoms with Gasteiger partial charge < -0.3 is 0 Å². The Bertz CT molecular complexity index is 419. The molecule has 1 aliphatic rings. The van der Waals surface area contributed by atoms with Crippen molar-refractivity contribution in [3.05, 3.63) is 35.4 Å². The monoisotopic (exact) mass is 276 g/mol. The first-order valence-electron chi connectivity index (χ1n) is 7.35. The van der Waals surface area contributed by atoms with E-state index < -0.39 is 0 Å². The number of thioether (sulfide) groups is 1. The van der Waals surface area contributed by atoms with E-state index in [2.05, 4.69) is 26.0 Å². The van der Waals surface area contributed by atoms with Crippen molar-refractivity contribution in [1.29, 1.82) is 0 Å². The van der Waals surface area contributed by atoms with Crippen LogP contribution in [-0.2, 0) is 6.42 Å². The minimum absolute atomic E-state index is 0.336. The van der Waals surface area contributed by atoms with E-state index in [0.29, 0.717) is 17.6 Å². The van der Waals surface area contributed by atoms with Crippen LogP contribution in [0.1, 0.15) is 49.0 Å². The number of hydrogen-bond acceptors (Lipinski definition) is 2. The molecule has 0 aromatic heterocycles. The topological polar surface area (TPSA) is 17.1 Å². The highest BCUT2D eigenvalue weighted by Gasteiger charge is 2.18. The van der Waals surface area contributed by atoms with E-state index in [1.54, 1.807) is 0 Å². The predicted octanol–water partition coefficient (Wildman–Crippen LogP) is 4.60. The fraction of sp³-hybridized carbons (Fsp3) is 0.588. The molecule has 0 bridgehead atoms. The molecule has 1 heterocycles. The van der Waals surface area contributed by atoms with E-state index in [-0.39, 0.29) is 0 Å². The number of rotatable bonds is 5. The zero-order valence-corrected chi connectivity index (χ0v) is 12.8. The quantitative estimate of drug-likeness (QED) is 0.731. The molecule has 2 heteroatoms. The fourth-order valence-electron chi connectivity index (χ4n) is 2.67. The molecule has 19 heavy (non-hydrogen) atoms. The van der Waals surface area contributed by atoms with Crippen molar-refractivity contribution in [3.63, 3.8) is 0 Å². The molecule has 104 valence electrons. The lowest BCUT2D eigenvalue weighted by Gasteiger charge is -2.20. The van der Waals surface area contributed by atoms with Crippen LogP contribution in [0.5, 0.6) is 0 Å². The summed E-state index contributed by atoms with van der Waals surface area (Å²) in [6.07, 6.45) is 4.22. The van der Waals surface area contributed by atoms with Crippen LogP contribution in [0, 0.1) is 11.8 Å². The molecule has 0 saturated carbocycles. The van der Waals surface area contributed by atoms with E-state index in [0.717, 1.165) is 18.4 Å². The highest BCUT2D eigenvalue weighted by Crippen LogP contribution is 2.26. The van der Waals surface area contributed by atoms with Crippen LogP contribution < -0.4 is 0 Å². The summed E-state index contributed by atoms with van der Waals surface area (Å²) in [6.45, 7) is 4.43. The average molecular weight is 276 g/mol. The number of carbonyl (C=O) groups excluding carboxylic acids is 1. The normalized spacial score (nSPS) is 16.8. The molecule has 0 amide bonds. The Morgan fingerprint density at radius 3 is 2.74 bits per heavy atom. The van der Waals surface area contributed by atoms with E-state index in [1.807, 2.05) is 23.9 Å². The number of hydrogen-bond donors (Lipinski definition) is 0. The predicted molar refractivity (Wildman–Crippen MR) is 84.0 cm³/mol. The minimum Gasteiger partial charge on any atom is -0.294 e. The van der Waals surface area contributed by atoms with Crippen molar-refractivity contribution >= 4 is 17.5 Å². The maximum absolute atomic E-state index is 12.3. The lowest BCUT2D eigenvalue weighted by atomic mass is 9.92. The Morgan fingerprint density at radius 1 is 1.32 bits per heavy atom. The van der Waals surface area contributed by atoms with E-state index >= 15 is 0 Å². The van der Waals surface area contributed by atoms with Gasteiger partial charge in [0, 0.05) is 12.0 Å². The first-order valence-corrected chi connectivity index (χ1v) is 8.50. The van der Waals surface area contributed by atoms with Crippen molar-refractivity contribution in [2.24, 2.45) is 11.8 Å². The summed E-state index contributed by atoms with van der Waals surface area (Å²) in [4.78, 5) is 12.3. The Balaban J connectivity index is 1.97. The third kappa shape index (κ3) is 4.68. The van der Waals surface area contributed by atoms with Gasteiger partial charge in [-0.05, 0) is 54.2 Å². The van der Waals surface area contributed by atoms with Gasteiger partial charge in [0.05, 0.1) is 0 Å². The SMILES string of the molecule is CC(C)Cc1cccc(C(=O)CC2CCSCC2)c1. The maximum Gasteiger partial charge on any atom is 0.163 e. The summed E-state index contributed by atoms with van der Waals surface area (Å²) in [5.41, 5.74) is 2.21. The zero-order valence-electron chi connectivity index (χ0n) is 12.0. The number of benzene rings is 1. The molecule has 0 aliphatic carbocycles. The van der Waals surface area contributed by atoms with Crippen LogP contribution in [0.2, 0.25) is 0 Å². The van der Waals surface area contributed by atoms with Gasteiger partial charge >= 0.3 is 0 Å². The van der Waals surface area contributed by atoms with Gasteiger partial charge in [-0.15, -0.1) is 0 Å². The smallest absolute Gasteiger partial charge is 0.163 e. The molecule has 0 atom stereocenters. The molecular weight excluding hydrogens is 252 g/mol. The third-order valence-corrected chi connectivity index (χ3v) is 4.76. The van der Waals surface area contributed by atoms with Gasteiger partial charge in [0.25, 0.3) is 0 Å². The van der Waals surface area contributed by atoms with Gasteiger partial charge in [-0.3, -0.25) is 4.79 Å². The highest BCUT2D eigenvalue weighted by atomic mass is 32.2. The molecule has 0 spiro atoms. The summed E-state index contributed by atoms with van der Waals surface area (Å²) in [6, 6.07) is 8.24. The van der Waals surface area contributed by atoms with Crippen molar-refractivity contribution in [1.82, 2.24) is 0 Å². The largest absolute Gasteiger partial charge is 0.294 e. The van der Waals surface area contributed by atoms with Crippen LogP contribution >= 0.6 is 11.8 Å². The van der Waals surface area contributed by atoms with E-state index in [9.17, 15) is 4.79 Å². The second kappa shape index (κ2) is 7.14. The van der Waals surface area contributed by atoms with Gasteiger partial charge in [-0.2, -0.15) is 11.8 Å². The van der Waals surface area contributed by atoms with Gasteiger partial charge in [0.1, 0.15) is 0 Å². The third-order valence-electron chi connectivity index (χ3n) is 3.71. The van der Waals surface area contributed by atoms with Crippen LogP contribution in [0.25, 0.3) is 0 Å². The molecule has 1 fully saturated rings. The molecule has 2 rings (SSSR count). The summed E-state index contributed by atoms with van der Waals surface area (Å²) in [5, 5.41) is 0. The van der Waals surface area contributed by atoms with E-state index in [4.69, 9.17) is 0 Å². The first kappa shape index (κ1) is 14.6. The van der Waals surface area contributed by atoms with Gasteiger partial charge in [0.2, 0.25) is 0 Å². The van der Waals surface area contributed by atoms with Crippen molar-refractivity contribution in [3.8, 4) is 0 Å². The Hall–Kier alpha value is -0.760. The summed E-state index contributed by atoms with van der Waals surface area (Å²) in [7, 11) is 0. The Morgan fingerprint density at radius 2 is 2.05 bits per heavy atom. The minimum atomic E-state index is 0.336. The maximum atomic E-state index is 12.3. The standard InChI is InChI=1S/C17H24OS/c1-13(2)10-15-4-3-5-16(11-15)17(18)12-14-6-8-19-9-7-14/h3-5,11,13-14H,6-10,12H2,1-2H3. The summed E-state index contributed by atoms with van der Waals surface area (Å²) in [5.74, 6) is 4.04. The Labute approximate surface area is 121 Å². The second-order valence-electron chi connectivity index (χ2n) is 5.98. The van der Waals surface area contributed by atoms with Crippen molar-refractivity contribution in [2.45, 2.75) is 39.5 Å². The van der Waals surface area contributed by atoms with Crippen LogP contribution in [0.15, 0.2) is 24.3 Å².